The van der Waals surface area contributed by atoms with Crippen LogP contribution in [0.5, 0.6) is 0 Å². The third kappa shape index (κ3) is 3.40. The summed E-state index contributed by atoms with van der Waals surface area (Å²) in [5.74, 6) is -1.30. The van der Waals surface area contributed by atoms with Crippen molar-refractivity contribution in [2.75, 3.05) is 19.8 Å². The van der Waals surface area contributed by atoms with Gasteiger partial charge >= 0.3 is 5.97 Å². The number of hydrogen-bond donors (Lipinski definition) is 3. The van der Waals surface area contributed by atoms with Crippen LogP contribution in [0, 0.1) is 6.92 Å². The molecule has 1 fully saturated rings. The summed E-state index contributed by atoms with van der Waals surface area (Å²) >= 11 is 0. The summed E-state index contributed by atoms with van der Waals surface area (Å²) in [6.45, 7) is 2.61. The number of rotatable bonds is 5. The number of benzene rings is 1. The molecular weight excluding hydrogens is 274 g/mol. The second kappa shape index (κ2) is 6.24. The van der Waals surface area contributed by atoms with Crippen LogP contribution < -0.4 is 5.32 Å². The van der Waals surface area contributed by atoms with Gasteiger partial charge in [-0.3, -0.25) is 4.79 Å². The molecule has 0 radical (unpaired) electrons. The second-order valence-electron chi connectivity index (χ2n) is 5.35. The predicted molar refractivity (Wildman–Crippen MR) is 75.5 cm³/mol. The molecule has 0 bridgehead atoms. The number of hydrogen-bond acceptors (Lipinski definition) is 4. The van der Waals surface area contributed by atoms with Gasteiger partial charge in [-0.1, -0.05) is 0 Å². The molecule has 0 saturated carbocycles. The average molecular weight is 293 g/mol. The van der Waals surface area contributed by atoms with E-state index in [0.29, 0.717) is 37.2 Å². The van der Waals surface area contributed by atoms with E-state index in [0.717, 1.165) is 0 Å². The molecule has 0 spiro atoms. The van der Waals surface area contributed by atoms with Crippen molar-refractivity contribution in [2.45, 2.75) is 25.3 Å². The van der Waals surface area contributed by atoms with Crippen LogP contribution in [0.4, 0.5) is 0 Å². The SMILES string of the molecule is Cc1cc(C(=O)O)ccc1C(=O)NC1(CCO)CCOC1. The van der Waals surface area contributed by atoms with Gasteiger partial charge in [0.25, 0.3) is 5.91 Å². The Morgan fingerprint density at radius 2 is 2.19 bits per heavy atom. The molecule has 1 amide bonds. The number of aromatic carboxylic acids is 1. The van der Waals surface area contributed by atoms with E-state index in [-0.39, 0.29) is 18.1 Å². The molecule has 1 aliphatic heterocycles. The summed E-state index contributed by atoms with van der Waals surface area (Å²) in [5.41, 5.74) is 0.650. The smallest absolute Gasteiger partial charge is 0.335 e. The highest BCUT2D eigenvalue weighted by Crippen LogP contribution is 2.23. The van der Waals surface area contributed by atoms with Crippen LogP contribution in [0.1, 0.15) is 39.1 Å². The van der Waals surface area contributed by atoms with E-state index in [1.54, 1.807) is 6.92 Å². The molecular formula is C15H19NO5. The first-order valence-electron chi connectivity index (χ1n) is 6.82. The Hall–Kier alpha value is -1.92. The van der Waals surface area contributed by atoms with Crippen molar-refractivity contribution in [3.05, 3.63) is 34.9 Å². The van der Waals surface area contributed by atoms with Gasteiger partial charge in [0, 0.05) is 18.8 Å². The van der Waals surface area contributed by atoms with Gasteiger partial charge in [-0.05, 0) is 43.5 Å². The van der Waals surface area contributed by atoms with Gasteiger partial charge in [0.15, 0.2) is 0 Å². The lowest BCUT2D eigenvalue weighted by molar-refractivity contribution is 0.0695. The minimum Gasteiger partial charge on any atom is -0.478 e. The van der Waals surface area contributed by atoms with E-state index in [1.165, 1.54) is 18.2 Å². The summed E-state index contributed by atoms with van der Waals surface area (Å²) in [6.07, 6.45) is 1.09. The number of aliphatic hydroxyl groups is 1. The molecule has 1 aromatic rings. The highest BCUT2D eigenvalue weighted by molar-refractivity contribution is 5.97. The van der Waals surface area contributed by atoms with Gasteiger partial charge in [-0.25, -0.2) is 4.79 Å². The summed E-state index contributed by atoms with van der Waals surface area (Å²) in [4.78, 5) is 23.3. The molecule has 21 heavy (non-hydrogen) atoms. The third-order valence-corrected chi connectivity index (χ3v) is 3.79. The Balaban J connectivity index is 2.18. The van der Waals surface area contributed by atoms with E-state index < -0.39 is 11.5 Å². The summed E-state index contributed by atoms with van der Waals surface area (Å²) in [5, 5.41) is 21.0. The lowest BCUT2D eigenvalue weighted by Crippen LogP contribution is -2.49. The number of carbonyl (C=O) groups excluding carboxylic acids is 1. The zero-order valence-corrected chi connectivity index (χ0v) is 11.9. The number of carboxylic acid groups (broad SMARTS) is 1. The van der Waals surface area contributed by atoms with Crippen molar-refractivity contribution in [1.82, 2.24) is 5.32 Å². The number of carbonyl (C=O) groups is 2. The standard InChI is InChI=1S/C15H19NO5/c1-10-8-11(14(19)20)2-3-12(10)13(18)16-15(4-6-17)5-7-21-9-15/h2-3,8,17H,4-7,9H2,1H3,(H,16,18)(H,19,20). The van der Waals surface area contributed by atoms with Crippen LogP contribution in [0.3, 0.4) is 0 Å². The number of carboxylic acids is 1. The molecule has 0 aromatic heterocycles. The number of aliphatic hydroxyl groups excluding tert-OH is 1. The van der Waals surface area contributed by atoms with Crippen molar-refractivity contribution in [3.63, 3.8) is 0 Å². The first-order valence-corrected chi connectivity index (χ1v) is 6.82. The third-order valence-electron chi connectivity index (χ3n) is 3.79. The number of aryl methyl sites for hydroxylation is 1. The summed E-state index contributed by atoms with van der Waals surface area (Å²) < 4.78 is 5.33. The van der Waals surface area contributed by atoms with E-state index in [2.05, 4.69) is 5.32 Å². The van der Waals surface area contributed by atoms with Gasteiger partial charge in [0.1, 0.15) is 0 Å². The van der Waals surface area contributed by atoms with E-state index in [9.17, 15) is 9.59 Å². The number of amides is 1. The normalized spacial score (nSPS) is 21.2. The largest absolute Gasteiger partial charge is 0.478 e. The van der Waals surface area contributed by atoms with Crippen LogP contribution >= 0.6 is 0 Å². The fraction of sp³-hybridized carbons (Fsp3) is 0.467. The molecule has 1 aliphatic rings. The van der Waals surface area contributed by atoms with E-state index >= 15 is 0 Å². The zero-order chi connectivity index (χ0) is 15.5. The Kier molecular flexibility index (Phi) is 4.59. The number of ether oxygens (including phenoxy) is 1. The molecule has 3 N–H and O–H groups in total. The quantitative estimate of drug-likeness (QED) is 0.751. The van der Waals surface area contributed by atoms with Crippen molar-refractivity contribution < 1.29 is 24.5 Å². The highest BCUT2D eigenvalue weighted by Gasteiger charge is 2.36. The Bertz CT molecular complexity index is 549. The Morgan fingerprint density at radius 1 is 1.43 bits per heavy atom. The topological polar surface area (TPSA) is 95.9 Å². The van der Waals surface area contributed by atoms with Gasteiger partial charge in [0.05, 0.1) is 17.7 Å². The van der Waals surface area contributed by atoms with Gasteiger partial charge < -0.3 is 20.3 Å². The maximum atomic E-state index is 12.4. The monoisotopic (exact) mass is 293 g/mol. The van der Waals surface area contributed by atoms with Crippen LogP contribution in [0.2, 0.25) is 0 Å². The highest BCUT2D eigenvalue weighted by atomic mass is 16.5. The summed E-state index contributed by atoms with van der Waals surface area (Å²) in [7, 11) is 0. The molecule has 2 rings (SSSR count). The minimum atomic E-state index is -1.02. The molecule has 1 unspecified atom stereocenters. The maximum Gasteiger partial charge on any atom is 0.335 e. The number of nitrogens with one attached hydrogen (secondary N) is 1. The van der Waals surface area contributed by atoms with Crippen LogP contribution in [-0.2, 0) is 4.74 Å². The van der Waals surface area contributed by atoms with Crippen molar-refractivity contribution in [3.8, 4) is 0 Å². The Labute approximate surface area is 122 Å². The van der Waals surface area contributed by atoms with E-state index in [4.69, 9.17) is 14.9 Å². The van der Waals surface area contributed by atoms with Crippen LogP contribution in [0.15, 0.2) is 18.2 Å². The molecule has 6 heteroatoms. The first kappa shape index (κ1) is 15.5. The minimum absolute atomic E-state index is 0.0272. The maximum absolute atomic E-state index is 12.4. The molecule has 1 aromatic carbocycles. The van der Waals surface area contributed by atoms with Gasteiger partial charge in [0.2, 0.25) is 0 Å². The van der Waals surface area contributed by atoms with Gasteiger partial charge in [-0.15, -0.1) is 0 Å². The fourth-order valence-electron chi connectivity index (χ4n) is 2.54. The molecule has 6 nitrogen and oxygen atoms in total. The molecule has 114 valence electrons. The average Bonchev–Trinajstić information content (AvgIpc) is 2.87. The van der Waals surface area contributed by atoms with Crippen molar-refractivity contribution >= 4 is 11.9 Å². The van der Waals surface area contributed by atoms with Gasteiger partial charge in [-0.2, -0.15) is 0 Å². The molecule has 1 heterocycles. The predicted octanol–water partition coefficient (Wildman–Crippen LogP) is 0.965. The first-order chi connectivity index (χ1) is 9.97. The van der Waals surface area contributed by atoms with E-state index in [1.807, 2.05) is 0 Å². The lowest BCUT2D eigenvalue weighted by atomic mass is 9.93. The second-order valence-corrected chi connectivity index (χ2v) is 5.35. The Morgan fingerprint density at radius 3 is 2.71 bits per heavy atom. The lowest BCUT2D eigenvalue weighted by Gasteiger charge is -2.28. The fourth-order valence-corrected chi connectivity index (χ4v) is 2.54. The summed E-state index contributed by atoms with van der Waals surface area (Å²) in [6, 6.07) is 4.39. The zero-order valence-electron chi connectivity index (χ0n) is 11.9. The van der Waals surface area contributed by atoms with Crippen molar-refractivity contribution in [1.29, 1.82) is 0 Å². The molecule has 1 saturated heterocycles. The molecule has 1 atom stereocenters. The molecule has 0 aliphatic carbocycles. The van der Waals surface area contributed by atoms with Crippen molar-refractivity contribution in [2.24, 2.45) is 0 Å². The van der Waals surface area contributed by atoms with Crippen LogP contribution in [-0.4, -0.2) is 47.4 Å². The van der Waals surface area contributed by atoms with Crippen LogP contribution in [0.25, 0.3) is 0 Å².